The third kappa shape index (κ3) is 3.42. The molecule has 88 valence electrons. The fourth-order valence-electron chi connectivity index (χ4n) is 1.48. The molecular weight excluding hydrogens is 232 g/mol. The first-order valence-corrected chi connectivity index (χ1v) is 6.28. The molecule has 2 N–H and O–H groups in total. The molecule has 4 nitrogen and oxygen atoms in total. The van der Waals surface area contributed by atoms with Gasteiger partial charge in [-0.3, -0.25) is 0 Å². The summed E-state index contributed by atoms with van der Waals surface area (Å²) in [6.45, 7) is 3.94. The summed E-state index contributed by atoms with van der Waals surface area (Å²) in [6, 6.07) is 7.59. The van der Waals surface area contributed by atoms with Crippen molar-refractivity contribution < 1.29 is 0 Å². The predicted octanol–water partition coefficient (Wildman–Crippen LogP) is 2.36. The average Bonchev–Trinajstić information content (AvgIpc) is 2.25. The van der Waals surface area contributed by atoms with Crippen LogP contribution in [0.4, 0.5) is 5.82 Å². The maximum Gasteiger partial charge on any atom is 0.188 e. The fraction of sp³-hybridized carbons (Fsp3) is 0.250. The number of rotatable bonds is 3. The summed E-state index contributed by atoms with van der Waals surface area (Å²) in [5.74, 6) is 1.28. The third-order valence-electron chi connectivity index (χ3n) is 2.14. The lowest BCUT2D eigenvalue weighted by atomic mass is 10.4. The quantitative estimate of drug-likeness (QED) is 0.665. The van der Waals surface area contributed by atoms with Crippen molar-refractivity contribution >= 4 is 17.6 Å². The van der Waals surface area contributed by atoms with Gasteiger partial charge < -0.3 is 5.73 Å². The molecule has 0 amide bonds. The first kappa shape index (κ1) is 11.9. The van der Waals surface area contributed by atoms with Gasteiger partial charge >= 0.3 is 0 Å². The summed E-state index contributed by atoms with van der Waals surface area (Å²) in [7, 11) is 0. The van der Waals surface area contributed by atoms with E-state index in [-0.39, 0.29) is 0 Å². The van der Waals surface area contributed by atoms with Crippen molar-refractivity contribution in [2.24, 2.45) is 0 Å². The zero-order valence-electron chi connectivity index (χ0n) is 9.84. The number of hydrogen-bond donors (Lipinski definition) is 1. The van der Waals surface area contributed by atoms with E-state index in [1.165, 1.54) is 0 Å². The highest BCUT2D eigenvalue weighted by Gasteiger charge is 2.02. The number of hydrogen-bond acceptors (Lipinski definition) is 5. The van der Waals surface area contributed by atoms with Crippen LogP contribution in [0.5, 0.6) is 0 Å². The van der Waals surface area contributed by atoms with Gasteiger partial charge in [0.1, 0.15) is 5.82 Å². The van der Waals surface area contributed by atoms with Gasteiger partial charge in [0.2, 0.25) is 0 Å². The molecule has 0 spiro atoms. The highest BCUT2D eigenvalue weighted by Crippen LogP contribution is 2.19. The Kier molecular flexibility index (Phi) is 3.58. The van der Waals surface area contributed by atoms with Gasteiger partial charge in [0, 0.05) is 17.1 Å². The van der Waals surface area contributed by atoms with Gasteiger partial charge in [0.05, 0.1) is 5.69 Å². The minimum absolute atomic E-state index is 0.546. The third-order valence-corrected chi connectivity index (χ3v) is 3.02. The van der Waals surface area contributed by atoms with Gasteiger partial charge in [0.15, 0.2) is 5.16 Å². The highest BCUT2D eigenvalue weighted by atomic mass is 32.2. The Bertz CT molecular complexity index is 507. The molecule has 2 heterocycles. The van der Waals surface area contributed by atoms with E-state index in [1.807, 2.05) is 32.0 Å². The van der Waals surface area contributed by atoms with Gasteiger partial charge in [-0.25, -0.2) is 15.0 Å². The molecule has 0 radical (unpaired) electrons. The van der Waals surface area contributed by atoms with Gasteiger partial charge in [-0.05, 0) is 32.0 Å². The Morgan fingerprint density at radius 2 is 1.82 bits per heavy atom. The topological polar surface area (TPSA) is 64.7 Å². The van der Waals surface area contributed by atoms with Crippen LogP contribution in [0.25, 0.3) is 0 Å². The summed E-state index contributed by atoms with van der Waals surface area (Å²) in [4.78, 5) is 13.0. The lowest BCUT2D eigenvalue weighted by molar-refractivity contribution is 0.901. The molecule has 0 saturated carbocycles. The van der Waals surface area contributed by atoms with Crippen molar-refractivity contribution in [1.82, 2.24) is 15.0 Å². The van der Waals surface area contributed by atoms with E-state index in [1.54, 1.807) is 17.8 Å². The minimum Gasteiger partial charge on any atom is -0.384 e. The maximum atomic E-state index is 5.62. The molecule has 0 aliphatic heterocycles. The molecule has 0 unspecified atom stereocenters. The van der Waals surface area contributed by atoms with Crippen LogP contribution in [-0.4, -0.2) is 15.0 Å². The Balaban J connectivity index is 2.07. The lowest BCUT2D eigenvalue weighted by Crippen LogP contribution is -1.96. The second kappa shape index (κ2) is 5.14. The zero-order valence-corrected chi connectivity index (χ0v) is 10.7. The van der Waals surface area contributed by atoms with Crippen LogP contribution in [0, 0.1) is 13.8 Å². The Hall–Kier alpha value is -1.62. The molecule has 0 aliphatic rings. The van der Waals surface area contributed by atoms with Gasteiger partial charge in [0.25, 0.3) is 0 Å². The predicted molar refractivity (Wildman–Crippen MR) is 69.7 cm³/mol. The smallest absolute Gasteiger partial charge is 0.188 e. The van der Waals surface area contributed by atoms with E-state index < -0.39 is 0 Å². The number of thioether (sulfide) groups is 1. The summed E-state index contributed by atoms with van der Waals surface area (Å²) in [6.07, 6.45) is 0. The van der Waals surface area contributed by atoms with Crippen molar-refractivity contribution in [1.29, 1.82) is 0 Å². The Labute approximate surface area is 105 Å². The van der Waals surface area contributed by atoms with E-state index in [2.05, 4.69) is 15.0 Å². The van der Waals surface area contributed by atoms with Crippen molar-refractivity contribution in [3.63, 3.8) is 0 Å². The average molecular weight is 246 g/mol. The molecule has 0 fully saturated rings. The second-order valence-corrected chi connectivity index (χ2v) is 4.72. The Morgan fingerprint density at radius 3 is 2.47 bits per heavy atom. The van der Waals surface area contributed by atoms with Crippen LogP contribution in [0.1, 0.15) is 17.1 Å². The number of aryl methyl sites for hydroxylation is 2. The molecule has 0 aliphatic carbocycles. The Morgan fingerprint density at radius 1 is 1.12 bits per heavy atom. The second-order valence-electron chi connectivity index (χ2n) is 3.78. The number of nitrogens with two attached hydrogens (primary N) is 1. The first-order valence-electron chi connectivity index (χ1n) is 5.30. The minimum atomic E-state index is 0.546. The highest BCUT2D eigenvalue weighted by molar-refractivity contribution is 7.98. The molecule has 0 aromatic carbocycles. The van der Waals surface area contributed by atoms with Gasteiger partial charge in [-0.2, -0.15) is 0 Å². The number of pyridine rings is 1. The van der Waals surface area contributed by atoms with E-state index in [9.17, 15) is 0 Å². The zero-order chi connectivity index (χ0) is 12.3. The normalized spacial score (nSPS) is 10.5. The van der Waals surface area contributed by atoms with Crippen LogP contribution in [0.3, 0.4) is 0 Å². The van der Waals surface area contributed by atoms with Gasteiger partial charge in [-0.15, -0.1) is 0 Å². The van der Waals surface area contributed by atoms with E-state index in [0.29, 0.717) is 5.82 Å². The molecule has 2 rings (SSSR count). The maximum absolute atomic E-state index is 5.62. The summed E-state index contributed by atoms with van der Waals surface area (Å²) in [5, 5.41) is 0.784. The molecule has 5 heteroatoms. The number of aromatic nitrogens is 3. The van der Waals surface area contributed by atoms with Crippen LogP contribution in [0.15, 0.2) is 29.4 Å². The molecule has 17 heavy (non-hydrogen) atoms. The number of nitrogen functional groups attached to an aromatic ring is 1. The van der Waals surface area contributed by atoms with E-state index in [4.69, 9.17) is 5.73 Å². The van der Waals surface area contributed by atoms with Crippen molar-refractivity contribution in [3.05, 3.63) is 41.3 Å². The SMILES string of the molecule is Cc1cc(C)nc(SCc2cccc(N)n2)n1. The van der Waals surface area contributed by atoms with Crippen LogP contribution < -0.4 is 5.73 Å². The monoisotopic (exact) mass is 246 g/mol. The molecule has 2 aromatic rings. The van der Waals surface area contributed by atoms with Crippen molar-refractivity contribution in [3.8, 4) is 0 Å². The first-order chi connectivity index (χ1) is 8.13. The van der Waals surface area contributed by atoms with Crippen molar-refractivity contribution in [2.75, 3.05) is 5.73 Å². The molecule has 0 bridgehead atoms. The lowest BCUT2D eigenvalue weighted by Gasteiger charge is -2.03. The van der Waals surface area contributed by atoms with Crippen LogP contribution >= 0.6 is 11.8 Å². The number of nitrogens with zero attached hydrogens (tertiary/aromatic N) is 3. The van der Waals surface area contributed by atoms with Crippen molar-refractivity contribution in [2.45, 2.75) is 24.8 Å². The van der Waals surface area contributed by atoms with Crippen LogP contribution in [0.2, 0.25) is 0 Å². The molecule has 2 aromatic heterocycles. The van der Waals surface area contributed by atoms with Crippen LogP contribution in [-0.2, 0) is 5.75 Å². The van der Waals surface area contributed by atoms with Gasteiger partial charge in [-0.1, -0.05) is 17.8 Å². The van der Waals surface area contributed by atoms with E-state index >= 15 is 0 Å². The number of anilines is 1. The molecule has 0 atom stereocenters. The largest absolute Gasteiger partial charge is 0.384 e. The molecule has 0 saturated heterocycles. The molecular formula is C12H14N4S. The summed E-state index contributed by atoms with van der Waals surface area (Å²) < 4.78 is 0. The summed E-state index contributed by atoms with van der Waals surface area (Å²) >= 11 is 1.57. The standard InChI is InChI=1S/C12H14N4S/c1-8-6-9(2)15-12(14-8)17-7-10-4-3-5-11(13)16-10/h3-6H,7H2,1-2H3,(H2,13,16). The fourth-order valence-corrected chi connectivity index (χ4v) is 2.33. The summed E-state index contributed by atoms with van der Waals surface area (Å²) in [5.41, 5.74) is 8.54. The van der Waals surface area contributed by atoms with E-state index in [0.717, 1.165) is 28.0 Å².